The normalized spacial score (nSPS) is 10.5. The van der Waals surface area contributed by atoms with Crippen molar-refractivity contribution in [2.75, 3.05) is 7.05 Å². The SMILES string of the molecule is CNCc1ccccc1-c1cc(Cl)ccc1Cl. The first kappa shape index (κ1) is 12.4. The molecule has 1 N–H and O–H groups in total. The number of rotatable bonds is 3. The van der Waals surface area contributed by atoms with Gasteiger partial charge in [0.1, 0.15) is 0 Å². The molecule has 0 saturated heterocycles. The molecule has 2 aromatic carbocycles. The fourth-order valence-electron chi connectivity index (χ4n) is 1.83. The Labute approximate surface area is 111 Å². The van der Waals surface area contributed by atoms with Crippen LogP contribution in [0, 0.1) is 0 Å². The van der Waals surface area contributed by atoms with E-state index in [9.17, 15) is 0 Å². The van der Waals surface area contributed by atoms with E-state index < -0.39 is 0 Å². The molecular weight excluding hydrogens is 253 g/mol. The number of halogens is 2. The summed E-state index contributed by atoms with van der Waals surface area (Å²) in [7, 11) is 1.93. The van der Waals surface area contributed by atoms with Gasteiger partial charge in [0.2, 0.25) is 0 Å². The zero-order valence-corrected chi connectivity index (χ0v) is 11.0. The molecule has 0 saturated carbocycles. The smallest absolute Gasteiger partial charge is 0.0485 e. The van der Waals surface area contributed by atoms with E-state index in [1.165, 1.54) is 5.56 Å². The van der Waals surface area contributed by atoms with Crippen LogP contribution in [0.15, 0.2) is 42.5 Å². The van der Waals surface area contributed by atoms with E-state index in [1.807, 2.05) is 31.3 Å². The molecule has 0 amide bonds. The van der Waals surface area contributed by atoms with Gasteiger partial charge < -0.3 is 5.32 Å². The van der Waals surface area contributed by atoms with Gasteiger partial charge in [0.15, 0.2) is 0 Å². The van der Waals surface area contributed by atoms with Crippen molar-refractivity contribution < 1.29 is 0 Å². The quantitative estimate of drug-likeness (QED) is 0.869. The topological polar surface area (TPSA) is 12.0 Å². The van der Waals surface area contributed by atoms with Crippen molar-refractivity contribution >= 4 is 23.2 Å². The first-order valence-corrected chi connectivity index (χ1v) is 6.16. The maximum absolute atomic E-state index is 6.22. The van der Waals surface area contributed by atoms with Crippen LogP contribution < -0.4 is 5.32 Å². The van der Waals surface area contributed by atoms with E-state index >= 15 is 0 Å². The first-order chi connectivity index (χ1) is 8.22. The van der Waals surface area contributed by atoms with E-state index in [0.717, 1.165) is 22.7 Å². The summed E-state index contributed by atoms with van der Waals surface area (Å²) < 4.78 is 0. The molecular formula is C14H13Cl2N. The van der Waals surface area contributed by atoms with Crippen molar-refractivity contribution in [2.45, 2.75) is 6.54 Å². The molecule has 0 atom stereocenters. The summed E-state index contributed by atoms with van der Waals surface area (Å²) in [5, 5.41) is 4.57. The lowest BCUT2D eigenvalue weighted by atomic mass is 9.99. The Morgan fingerprint density at radius 3 is 2.53 bits per heavy atom. The molecule has 0 radical (unpaired) electrons. The Morgan fingerprint density at radius 1 is 1.00 bits per heavy atom. The van der Waals surface area contributed by atoms with Crippen LogP contribution in [0.3, 0.4) is 0 Å². The Bertz CT molecular complexity index is 523. The van der Waals surface area contributed by atoms with Gasteiger partial charge in [-0.1, -0.05) is 47.5 Å². The predicted octanol–water partition coefficient (Wildman–Crippen LogP) is 4.38. The maximum Gasteiger partial charge on any atom is 0.0485 e. The van der Waals surface area contributed by atoms with Crippen LogP contribution in [0.2, 0.25) is 10.0 Å². The lowest BCUT2D eigenvalue weighted by Gasteiger charge is -2.11. The second-order valence-corrected chi connectivity index (χ2v) is 4.66. The maximum atomic E-state index is 6.22. The van der Waals surface area contributed by atoms with Crippen LogP contribution in [-0.2, 0) is 6.54 Å². The third-order valence-corrected chi connectivity index (χ3v) is 3.17. The highest BCUT2D eigenvalue weighted by atomic mass is 35.5. The summed E-state index contributed by atoms with van der Waals surface area (Å²) in [5.41, 5.74) is 3.30. The van der Waals surface area contributed by atoms with E-state index in [-0.39, 0.29) is 0 Å². The minimum Gasteiger partial charge on any atom is -0.316 e. The second kappa shape index (κ2) is 5.54. The lowest BCUT2D eigenvalue weighted by molar-refractivity contribution is 0.819. The standard InChI is InChI=1S/C14H13Cl2N/c1-17-9-10-4-2-3-5-12(10)13-8-11(15)6-7-14(13)16/h2-8,17H,9H2,1H3. The van der Waals surface area contributed by atoms with Gasteiger partial charge in [0.05, 0.1) is 0 Å². The monoisotopic (exact) mass is 265 g/mol. The Hall–Kier alpha value is -1.02. The zero-order chi connectivity index (χ0) is 12.3. The lowest BCUT2D eigenvalue weighted by Crippen LogP contribution is -2.06. The molecule has 0 spiro atoms. The minimum absolute atomic E-state index is 0.698. The minimum atomic E-state index is 0.698. The molecule has 0 bridgehead atoms. The van der Waals surface area contributed by atoms with Gasteiger partial charge in [-0.3, -0.25) is 0 Å². The van der Waals surface area contributed by atoms with Gasteiger partial charge >= 0.3 is 0 Å². The molecule has 2 rings (SSSR count). The van der Waals surface area contributed by atoms with E-state index in [1.54, 1.807) is 6.07 Å². The third-order valence-electron chi connectivity index (χ3n) is 2.60. The van der Waals surface area contributed by atoms with Crippen LogP contribution in [0.1, 0.15) is 5.56 Å². The van der Waals surface area contributed by atoms with Crippen molar-refractivity contribution in [1.29, 1.82) is 0 Å². The van der Waals surface area contributed by atoms with Crippen molar-refractivity contribution in [3.05, 3.63) is 58.1 Å². The summed E-state index contributed by atoms with van der Waals surface area (Å²) in [5.74, 6) is 0. The molecule has 0 aliphatic rings. The number of benzene rings is 2. The van der Waals surface area contributed by atoms with E-state index in [2.05, 4.69) is 17.4 Å². The summed E-state index contributed by atoms with van der Waals surface area (Å²) in [6, 6.07) is 13.7. The molecule has 0 heterocycles. The van der Waals surface area contributed by atoms with Gasteiger partial charge in [0, 0.05) is 22.2 Å². The van der Waals surface area contributed by atoms with Crippen molar-refractivity contribution in [1.82, 2.24) is 5.32 Å². The molecule has 2 aromatic rings. The fourth-order valence-corrected chi connectivity index (χ4v) is 2.22. The van der Waals surface area contributed by atoms with Crippen LogP contribution in [0.25, 0.3) is 11.1 Å². The molecule has 3 heteroatoms. The highest BCUT2D eigenvalue weighted by Gasteiger charge is 2.08. The van der Waals surface area contributed by atoms with Crippen LogP contribution in [0.5, 0.6) is 0 Å². The molecule has 0 fully saturated rings. The molecule has 17 heavy (non-hydrogen) atoms. The van der Waals surface area contributed by atoms with Gasteiger partial charge in [-0.25, -0.2) is 0 Å². The number of hydrogen-bond acceptors (Lipinski definition) is 1. The fraction of sp³-hybridized carbons (Fsp3) is 0.143. The Morgan fingerprint density at radius 2 is 1.76 bits per heavy atom. The highest BCUT2D eigenvalue weighted by Crippen LogP contribution is 2.32. The van der Waals surface area contributed by atoms with E-state index in [0.29, 0.717) is 5.02 Å². The highest BCUT2D eigenvalue weighted by molar-refractivity contribution is 6.35. The summed E-state index contributed by atoms with van der Waals surface area (Å²) in [4.78, 5) is 0. The molecule has 0 aliphatic heterocycles. The zero-order valence-electron chi connectivity index (χ0n) is 9.50. The second-order valence-electron chi connectivity index (χ2n) is 3.81. The number of hydrogen-bond donors (Lipinski definition) is 1. The molecule has 1 nitrogen and oxygen atoms in total. The van der Waals surface area contributed by atoms with Crippen molar-refractivity contribution in [3.63, 3.8) is 0 Å². The molecule has 0 aromatic heterocycles. The molecule has 88 valence electrons. The average Bonchev–Trinajstić information content (AvgIpc) is 2.34. The van der Waals surface area contributed by atoms with Gasteiger partial charge in [-0.05, 0) is 36.4 Å². The van der Waals surface area contributed by atoms with Crippen LogP contribution in [0.4, 0.5) is 0 Å². The summed E-state index contributed by atoms with van der Waals surface area (Å²) in [6.07, 6.45) is 0. The first-order valence-electron chi connectivity index (χ1n) is 5.40. The van der Waals surface area contributed by atoms with Crippen LogP contribution in [-0.4, -0.2) is 7.05 Å². The van der Waals surface area contributed by atoms with Crippen molar-refractivity contribution in [2.24, 2.45) is 0 Å². The third kappa shape index (κ3) is 2.81. The average molecular weight is 266 g/mol. The van der Waals surface area contributed by atoms with Crippen molar-refractivity contribution in [3.8, 4) is 11.1 Å². The molecule has 0 aliphatic carbocycles. The Balaban J connectivity index is 2.55. The Kier molecular flexibility index (Phi) is 4.06. The van der Waals surface area contributed by atoms with Gasteiger partial charge in [-0.15, -0.1) is 0 Å². The van der Waals surface area contributed by atoms with Gasteiger partial charge in [0.25, 0.3) is 0 Å². The summed E-state index contributed by atoms with van der Waals surface area (Å²) in [6.45, 7) is 0.805. The summed E-state index contributed by atoms with van der Waals surface area (Å²) >= 11 is 12.2. The van der Waals surface area contributed by atoms with Crippen LogP contribution >= 0.6 is 23.2 Å². The number of nitrogens with one attached hydrogen (secondary N) is 1. The largest absolute Gasteiger partial charge is 0.316 e. The molecule has 0 unspecified atom stereocenters. The van der Waals surface area contributed by atoms with E-state index in [4.69, 9.17) is 23.2 Å². The predicted molar refractivity (Wildman–Crippen MR) is 74.7 cm³/mol. The van der Waals surface area contributed by atoms with Gasteiger partial charge in [-0.2, -0.15) is 0 Å².